The lowest BCUT2D eigenvalue weighted by Crippen LogP contribution is -2.51. The number of carboxylic acids is 1. The smallest absolute Gasteiger partial charge is 0.315 e. The van der Waals surface area contributed by atoms with Crippen LogP contribution in [0.25, 0.3) is 0 Å². The molecule has 0 saturated carbocycles. The number of nitrogens with zero attached hydrogens (tertiary/aromatic N) is 2. The van der Waals surface area contributed by atoms with E-state index < -0.39 is 40.5 Å². The molecule has 0 radical (unpaired) electrons. The summed E-state index contributed by atoms with van der Waals surface area (Å²) in [7, 11) is 1.37. The SMILES string of the molecule is Cn1cc(C(=O)NC2(Cl)C=CC=C(Cl)C2C(=O)O)c(C(F)F)n1. The van der Waals surface area contributed by atoms with Crippen molar-refractivity contribution in [2.24, 2.45) is 13.0 Å². The molecule has 6 nitrogen and oxygen atoms in total. The van der Waals surface area contributed by atoms with Crippen LogP contribution in [0.3, 0.4) is 0 Å². The molecule has 23 heavy (non-hydrogen) atoms. The van der Waals surface area contributed by atoms with Crippen molar-refractivity contribution in [3.8, 4) is 0 Å². The van der Waals surface area contributed by atoms with Crippen molar-refractivity contribution in [2.75, 3.05) is 0 Å². The second-order valence-corrected chi connectivity index (χ2v) is 5.87. The zero-order valence-electron chi connectivity index (χ0n) is 11.6. The van der Waals surface area contributed by atoms with Gasteiger partial charge in [-0.15, -0.1) is 0 Å². The normalized spacial score (nSPS) is 23.7. The predicted molar refractivity (Wildman–Crippen MR) is 78.4 cm³/mol. The molecular weight excluding hydrogens is 355 g/mol. The van der Waals surface area contributed by atoms with E-state index in [-0.39, 0.29) is 5.03 Å². The predicted octanol–water partition coefficient (Wildman–Crippen LogP) is 2.42. The molecule has 0 aliphatic heterocycles. The first-order valence-corrected chi connectivity index (χ1v) is 7.02. The van der Waals surface area contributed by atoms with Crippen LogP contribution in [0.5, 0.6) is 0 Å². The van der Waals surface area contributed by atoms with Crippen molar-refractivity contribution in [3.63, 3.8) is 0 Å². The quantitative estimate of drug-likeness (QED) is 0.633. The highest BCUT2D eigenvalue weighted by atomic mass is 35.5. The van der Waals surface area contributed by atoms with Gasteiger partial charge in [-0.05, 0) is 12.2 Å². The van der Waals surface area contributed by atoms with Crippen molar-refractivity contribution >= 4 is 35.1 Å². The van der Waals surface area contributed by atoms with Crippen LogP contribution in [0.2, 0.25) is 0 Å². The van der Waals surface area contributed by atoms with Gasteiger partial charge in [0.2, 0.25) is 0 Å². The fourth-order valence-corrected chi connectivity index (χ4v) is 2.93. The zero-order chi connectivity index (χ0) is 17.4. The molecule has 1 aliphatic carbocycles. The van der Waals surface area contributed by atoms with Crippen LogP contribution in [-0.2, 0) is 11.8 Å². The number of hydrogen-bond acceptors (Lipinski definition) is 3. The van der Waals surface area contributed by atoms with E-state index in [1.807, 2.05) is 0 Å². The zero-order valence-corrected chi connectivity index (χ0v) is 13.1. The number of carbonyl (C=O) groups is 2. The Hall–Kier alpha value is -1.93. The lowest BCUT2D eigenvalue weighted by Gasteiger charge is -2.32. The summed E-state index contributed by atoms with van der Waals surface area (Å²) in [6, 6.07) is 0. The topological polar surface area (TPSA) is 84.2 Å². The van der Waals surface area contributed by atoms with Crippen molar-refractivity contribution in [2.45, 2.75) is 11.4 Å². The van der Waals surface area contributed by atoms with Gasteiger partial charge in [0.05, 0.1) is 5.56 Å². The summed E-state index contributed by atoms with van der Waals surface area (Å²) >= 11 is 12.0. The van der Waals surface area contributed by atoms with E-state index in [1.54, 1.807) is 0 Å². The maximum Gasteiger partial charge on any atom is 0.315 e. The van der Waals surface area contributed by atoms with Gasteiger partial charge in [0.25, 0.3) is 12.3 Å². The Morgan fingerprint density at radius 2 is 2.17 bits per heavy atom. The van der Waals surface area contributed by atoms with Gasteiger partial charge >= 0.3 is 5.97 Å². The molecule has 1 aromatic heterocycles. The van der Waals surface area contributed by atoms with E-state index in [1.165, 1.54) is 25.3 Å². The largest absolute Gasteiger partial charge is 0.481 e. The fourth-order valence-electron chi connectivity index (χ4n) is 2.17. The molecule has 2 rings (SSSR count). The molecular formula is C13H11Cl2F2N3O3. The Morgan fingerprint density at radius 3 is 2.74 bits per heavy atom. The molecule has 1 amide bonds. The average Bonchev–Trinajstić information content (AvgIpc) is 2.80. The average molecular weight is 366 g/mol. The van der Waals surface area contributed by atoms with Crippen molar-refractivity contribution in [3.05, 3.63) is 40.7 Å². The maximum absolute atomic E-state index is 12.9. The lowest BCUT2D eigenvalue weighted by atomic mass is 9.93. The van der Waals surface area contributed by atoms with Gasteiger partial charge in [0, 0.05) is 18.3 Å². The first-order chi connectivity index (χ1) is 10.7. The molecule has 2 unspecified atom stereocenters. The highest BCUT2D eigenvalue weighted by molar-refractivity contribution is 6.35. The molecule has 124 valence electrons. The second kappa shape index (κ2) is 6.29. The minimum atomic E-state index is -2.97. The summed E-state index contributed by atoms with van der Waals surface area (Å²) in [4.78, 5) is 21.7. The Labute approximate surface area is 139 Å². The van der Waals surface area contributed by atoms with E-state index >= 15 is 0 Å². The van der Waals surface area contributed by atoms with Crippen LogP contribution in [0.15, 0.2) is 29.5 Å². The van der Waals surface area contributed by atoms with Gasteiger partial charge in [-0.1, -0.05) is 29.3 Å². The Bertz CT molecular complexity index is 717. The number of nitrogens with one attached hydrogen (secondary N) is 1. The number of carbonyl (C=O) groups excluding carboxylic acids is 1. The highest BCUT2D eigenvalue weighted by Gasteiger charge is 2.45. The molecule has 1 aliphatic rings. The number of allylic oxidation sites excluding steroid dienone is 2. The van der Waals surface area contributed by atoms with Crippen LogP contribution in [0.1, 0.15) is 22.5 Å². The summed E-state index contributed by atoms with van der Waals surface area (Å²) in [6.45, 7) is 0. The number of rotatable bonds is 4. The third-order valence-electron chi connectivity index (χ3n) is 3.15. The van der Waals surface area contributed by atoms with Crippen LogP contribution >= 0.6 is 23.2 Å². The number of carboxylic acid groups (broad SMARTS) is 1. The lowest BCUT2D eigenvalue weighted by molar-refractivity contribution is -0.141. The van der Waals surface area contributed by atoms with Gasteiger partial charge in [0.15, 0.2) is 5.00 Å². The van der Waals surface area contributed by atoms with E-state index in [0.29, 0.717) is 0 Å². The molecule has 1 aromatic rings. The summed E-state index contributed by atoms with van der Waals surface area (Å²) < 4.78 is 26.9. The number of alkyl halides is 3. The Morgan fingerprint density at radius 1 is 1.52 bits per heavy atom. The van der Waals surface area contributed by atoms with Crippen LogP contribution in [0.4, 0.5) is 8.78 Å². The first-order valence-electron chi connectivity index (χ1n) is 6.26. The van der Waals surface area contributed by atoms with Gasteiger partial charge in [-0.3, -0.25) is 14.3 Å². The summed E-state index contributed by atoms with van der Waals surface area (Å²) in [6.07, 6.45) is 2.03. The van der Waals surface area contributed by atoms with Crippen LogP contribution < -0.4 is 5.32 Å². The van der Waals surface area contributed by atoms with Gasteiger partial charge in [-0.2, -0.15) is 5.10 Å². The van der Waals surface area contributed by atoms with Crippen LogP contribution in [0, 0.1) is 5.92 Å². The molecule has 0 spiro atoms. The first kappa shape index (κ1) is 17.4. The third kappa shape index (κ3) is 3.37. The summed E-state index contributed by atoms with van der Waals surface area (Å²) in [5, 5.41) is 14.9. The van der Waals surface area contributed by atoms with Crippen molar-refractivity contribution in [1.29, 1.82) is 0 Å². The fraction of sp³-hybridized carbons (Fsp3) is 0.308. The monoisotopic (exact) mass is 365 g/mol. The van der Waals surface area contributed by atoms with E-state index in [9.17, 15) is 23.5 Å². The second-order valence-electron chi connectivity index (χ2n) is 4.81. The third-order valence-corrected chi connectivity index (χ3v) is 3.93. The molecule has 2 atom stereocenters. The molecule has 0 aromatic carbocycles. The number of hydrogen-bond donors (Lipinski definition) is 2. The number of amides is 1. The number of aromatic nitrogens is 2. The number of halogens is 4. The molecule has 0 bridgehead atoms. The maximum atomic E-state index is 12.9. The minimum absolute atomic E-state index is 0.101. The minimum Gasteiger partial charge on any atom is -0.481 e. The Balaban J connectivity index is 2.34. The number of aryl methyl sites for hydroxylation is 1. The summed E-state index contributed by atoms with van der Waals surface area (Å²) in [5.74, 6) is -3.80. The van der Waals surface area contributed by atoms with E-state index in [2.05, 4.69) is 10.4 Å². The molecule has 1 heterocycles. The van der Waals surface area contributed by atoms with Crippen LogP contribution in [-0.4, -0.2) is 31.8 Å². The van der Waals surface area contributed by atoms with Crippen molar-refractivity contribution in [1.82, 2.24) is 15.1 Å². The van der Waals surface area contributed by atoms with E-state index in [4.69, 9.17) is 23.2 Å². The highest BCUT2D eigenvalue weighted by Crippen LogP contribution is 2.36. The number of aliphatic carboxylic acids is 1. The van der Waals surface area contributed by atoms with Gasteiger partial charge in [-0.25, -0.2) is 8.78 Å². The standard InChI is InChI=1S/C13H11Cl2F2N3O3/c1-20-5-6(9(19-20)10(16)17)11(21)18-13(15)4-2-3-7(14)8(13)12(22)23/h2-5,8,10H,1H3,(H,18,21)(H,22,23). The van der Waals surface area contributed by atoms with E-state index in [0.717, 1.165) is 10.9 Å². The molecule has 2 N–H and O–H groups in total. The van der Waals surface area contributed by atoms with Gasteiger partial charge < -0.3 is 10.4 Å². The molecule has 10 heteroatoms. The van der Waals surface area contributed by atoms with Crippen molar-refractivity contribution < 1.29 is 23.5 Å². The molecule has 0 fully saturated rings. The summed E-state index contributed by atoms with van der Waals surface area (Å²) in [5.41, 5.74) is -1.12. The Kier molecular flexibility index (Phi) is 4.76. The molecule has 0 saturated heterocycles. The van der Waals surface area contributed by atoms with Gasteiger partial charge in [0.1, 0.15) is 11.6 Å².